The second kappa shape index (κ2) is 8.53. The van der Waals surface area contributed by atoms with Crippen LogP contribution < -0.4 is 15.0 Å². The number of urea groups is 1. The highest BCUT2D eigenvalue weighted by Crippen LogP contribution is 2.46. The predicted octanol–water partition coefficient (Wildman–Crippen LogP) is 3.51. The highest BCUT2D eigenvalue weighted by atomic mass is 32.1. The van der Waals surface area contributed by atoms with E-state index in [0.29, 0.717) is 16.6 Å². The number of rotatable bonds is 4. The summed E-state index contributed by atoms with van der Waals surface area (Å²) < 4.78 is 9.00. The van der Waals surface area contributed by atoms with Gasteiger partial charge >= 0.3 is 12.0 Å². The number of amides is 2. The van der Waals surface area contributed by atoms with Gasteiger partial charge in [0.15, 0.2) is 0 Å². The predicted molar refractivity (Wildman–Crippen MR) is 123 cm³/mol. The lowest BCUT2D eigenvalue weighted by molar-refractivity contribution is 0.0786. The Balaban J connectivity index is 1.15. The van der Waals surface area contributed by atoms with Crippen LogP contribution in [0.15, 0.2) is 18.6 Å². The van der Waals surface area contributed by atoms with Crippen LogP contribution in [0.25, 0.3) is 11.0 Å². The number of aromatic nitrogens is 5. The third-order valence-electron chi connectivity index (χ3n) is 7.15. The zero-order valence-corrected chi connectivity index (χ0v) is 19.2. The van der Waals surface area contributed by atoms with E-state index in [1.807, 2.05) is 17.2 Å². The first-order valence-corrected chi connectivity index (χ1v) is 11.8. The number of hydrogen-bond donors (Lipinski definition) is 2. The van der Waals surface area contributed by atoms with Crippen molar-refractivity contribution >= 4 is 39.5 Å². The molecule has 1 spiro atoms. The van der Waals surface area contributed by atoms with Crippen molar-refractivity contribution in [2.75, 3.05) is 37.5 Å². The first-order valence-electron chi connectivity index (χ1n) is 11.0. The van der Waals surface area contributed by atoms with Gasteiger partial charge < -0.3 is 19.5 Å². The molecule has 0 atom stereocenters. The summed E-state index contributed by atoms with van der Waals surface area (Å²) in [5.41, 5.74) is 1.22. The van der Waals surface area contributed by atoms with E-state index in [1.54, 1.807) is 6.33 Å². The van der Waals surface area contributed by atoms with Gasteiger partial charge in [-0.25, -0.2) is 14.8 Å². The van der Waals surface area contributed by atoms with Crippen molar-refractivity contribution in [1.82, 2.24) is 29.2 Å². The number of likely N-dealkylation sites (tertiary alicyclic amines) is 1. The fraction of sp³-hybridized carbons (Fsp3) is 0.571. The van der Waals surface area contributed by atoms with Gasteiger partial charge in [0, 0.05) is 43.9 Å². The van der Waals surface area contributed by atoms with Crippen LogP contribution in [-0.2, 0) is 0 Å². The standard InChI is InChI=1S/C21H28N8O2S/c1-28(17-15-5-10-22-16(15)23-13-24-17)14-3-6-21(7-4-14)8-11-29(12-9-21)20(30)26-19-25-18(31-2)27-32-19/h5,10,13-14H,3-4,6-9,11-12H2,1-2H3,(H,22,23,24)(H,25,26,27,30). The minimum Gasteiger partial charge on any atom is -0.466 e. The average molecular weight is 457 g/mol. The second-order valence-electron chi connectivity index (χ2n) is 8.78. The van der Waals surface area contributed by atoms with E-state index < -0.39 is 0 Å². The van der Waals surface area contributed by atoms with Gasteiger partial charge in [0.25, 0.3) is 0 Å². The maximum Gasteiger partial charge on any atom is 0.329 e. The fourth-order valence-electron chi connectivity index (χ4n) is 5.11. The molecular weight excluding hydrogens is 428 g/mol. The third kappa shape index (κ3) is 3.96. The van der Waals surface area contributed by atoms with Crippen molar-refractivity contribution in [2.24, 2.45) is 5.41 Å². The summed E-state index contributed by atoms with van der Waals surface area (Å²) in [7, 11) is 3.66. The van der Waals surface area contributed by atoms with Crippen LogP contribution in [0.5, 0.6) is 6.01 Å². The molecule has 5 rings (SSSR count). The SMILES string of the molecule is COc1nsc(NC(=O)N2CCC3(CCC(N(C)c4ncnc5[nH]ccc45)CC3)CC2)n1. The van der Waals surface area contributed by atoms with Gasteiger partial charge in [-0.1, -0.05) is 0 Å². The minimum absolute atomic E-state index is 0.105. The van der Waals surface area contributed by atoms with Crippen LogP contribution in [0.4, 0.5) is 15.7 Å². The number of nitrogens with zero attached hydrogens (tertiary/aromatic N) is 6. The molecule has 1 saturated carbocycles. The fourth-order valence-corrected chi connectivity index (χ4v) is 5.65. The van der Waals surface area contributed by atoms with Crippen molar-refractivity contribution in [1.29, 1.82) is 0 Å². The molecule has 11 heteroatoms. The van der Waals surface area contributed by atoms with Crippen molar-refractivity contribution in [3.05, 3.63) is 18.6 Å². The van der Waals surface area contributed by atoms with Crippen molar-refractivity contribution in [3.63, 3.8) is 0 Å². The van der Waals surface area contributed by atoms with Crippen LogP contribution in [0, 0.1) is 5.41 Å². The lowest BCUT2D eigenvalue weighted by atomic mass is 9.67. The number of methoxy groups -OCH3 is 1. The van der Waals surface area contributed by atoms with Gasteiger partial charge in [0.05, 0.1) is 12.5 Å². The Morgan fingerprint density at radius 1 is 1.28 bits per heavy atom. The Bertz CT molecular complexity index is 1080. The number of aromatic amines is 1. The molecule has 0 aromatic carbocycles. The van der Waals surface area contributed by atoms with Gasteiger partial charge in [-0.15, -0.1) is 4.37 Å². The summed E-state index contributed by atoms with van der Waals surface area (Å²) in [6.45, 7) is 1.55. The molecule has 1 saturated heterocycles. The Kier molecular flexibility index (Phi) is 5.58. The van der Waals surface area contributed by atoms with Gasteiger partial charge in [0.1, 0.15) is 17.8 Å². The largest absolute Gasteiger partial charge is 0.466 e. The number of fused-ring (bicyclic) bond motifs is 1. The molecular formula is C21H28N8O2S. The molecule has 0 unspecified atom stereocenters. The number of ether oxygens (including phenoxy) is 1. The molecule has 2 amide bonds. The molecule has 3 aromatic heterocycles. The summed E-state index contributed by atoms with van der Waals surface area (Å²) in [6, 6.07) is 2.70. The molecule has 2 aliphatic rings. The number of carbonyl (C=O) groups is 1. The molecule has 0 radical (unpaired) electrons. The molecule has 3 aromatic rings. The molecule has 2 fully saturated rings. The average Bonchev–Trinajstić information content (AvgIpc) is 3.49. The van der Waals surface area contributed by atoms with E-state index in [4.69, 9.17) is 4.74 Å². The topological polar surface area (TPSA) is 112 Å². The van der Waals surface area contributed by atoms with Crippen LogP contribution in [-0.4, -0.2) is 68.5 Å². The van der Waals surface area contributed by atoms with Gasteiger partial charge in [-0.3, -0.25) is 5.32 Å². The van der Waals surface area contributed by atoms with Crippen molar-refractivity contribution in [2.45, 2.75) is 44.6 Å². The summed E-state index contributed by atoms with van der Waals surface area (Å²) in [5.74, 6) is 0.997. The molecule has 10 nitrogen and oxygen atoms in total. The van der Waals surface area contributed by atoms with E-state index in [-0.39, 0.29) is 12.0 Å². The van der Waals surface area contributed by atoms with Crippen molar-refractivity contribution < 1.29 is 9.53 Å². The lowest BCUT2D eigenvalue weighted by Crippen LogP contribution is -2.47. The number of carbonyl (C=O) groups excluding carboxylic acids is 1. The third-order valence-corrected chi connectivity index (χ3v) is 7.76. The monoisotopic (exact) mass is 456 g/mol. The highest BCUT2D eigenvalue weighted by Gasteiger charge is 2.40. The van der Waals surface area contributed by atoms with Crippen LogP contribution in [0.3, 0.4) is 0 Å². The molecule has 170 valence electrons. The number of piperidine rings is 1. The number of anilines is 2. The normalized spacial score (nSPS) is 18.8. The summed E-state index contributed by atoms with van der Waals surface area (Å²) >= 11 is 1.13. The Morgan fingerprint density at radius 2 is 2.06 bits per heavy atom. The van der Waals surface area contributed by atoms with Gasteiger partial charge in [0.2, 0.25) is 5.13 Å². The molecule has 0 bridgehead atoms. The highest BCUT2D eigenvalue weighted by molar-refractivity contribution is 7.10. The quantitative estimate of drug-likeness (QED) is 0.618. The number of hydrogen-bond acceptors (Lipinski definition) is 8. The number of nitrogens with one attached hydrogen (secondary N) is 2. The zero-order valence-electron chi connectivity index (χ0n) is 18.4. The van der Waals surface area contributed by atoms with Crippen LogP contribution in [0.1, 0.15) is 38.5 Å². The van der Waals surface area contributed by atoms with E-state index in [1.165, 1.54) is 20.0 Å². The van der Waals surface area contributed by atoms with E-state index in [9.17, 15) is 4.79 Å². The van der Waals surface area contributed by atoms with E-state index >= 15 is 0 Å². The Labute approximate surface area is 190 Å². The number of H-pyrrole nitrogens is 1. The lowest BCUT2D eigenvalue weighted by Gasteiger charge is -2.47. The van der Waals surface area contributed by atoms with Gasteiger partial charge in [-0.2, -0.15) is 4.98 Å². The summed E-state index contributed by atoms with van der Waals surface area (Å²) in [4.78, 5) is 33.0. The maximum atomic E-state index is 12.6. The van der Waals surface area contributed by atoms with E-state index in [0.717, 1.165) is 67.2 Å². The van der Waals surface area contributed by atoms with E-state index in [2.05, 4.69) is 41.6 Å². The minimum atomic E-state index is -0.105. The van der Waals surface area contributed by atoms with Gasteiger partial charge in [-0.05, 0) is 50.0 Å². The first kappa shape index (κ1) is 20.9. The maximum absolute atomic E-state index is 12.6. The summed E-state index contributed by atoms with van der Waals surface area (Å²) in [6.07, 6.45) is 10.3. The first-order chi connectivity index (χ1) is 15.6. The van der Waals surface area contributed by atoms with Crippen LogP contribution in [0.2, 0.25) is 0 Å². The Hall–Kier alpha value is -2.95. The Morgan fingerprint density at radius 3 is 2.78 bits per heavy atom. The van der Waals surface area contributed by atoms with Crippen LogP contribution >= 0.6 is 11.5 Å². The molecule has 4 heterocycles. The molecule has 1 aliphatic heterocycles. The molecule has 2 N–H and O–H groups in total. The second-order valence-corrected chi connectivity index (χ2v) is 9.53. The molecule has 1 aliphatic carbocycles. The zero-order chi connectivity index (χ0) is 22.1. The smallest absolute Gasteiger partial charge is 0.329 e. The molecule has 32 heavy (non-hydrogen) atoms. The summed E-state index contributed by atoms with van der Waals surface area (Å²) in [5, 5.41) is 4.38. The van der Waals surface area contributed by atoms with Crippen molar-refractivity contribution in [3.8, 4) is 6.01 Å².